The van der Waals surface area contributed by atoms with Gasteiger partial charge in [0.2, 0.25) is 0 Å². The van der Waals surface area contributed by atoms with Crippen LogP contribution in [0, 0.1) is 5.82 Å². The van der Waals surface area contributed by atoms with E-state index in [1.165, 1.54) is 25.0 Å². The van der Waals surface area contributed by atoms with Crippen molar-refractivity contribution >= 4 is 0 Å². The quantitative estimate of drug-likeness (QED) is 0.874. The number of nitrogens with zero attached hydrogens (tertiary/aromatic N) is 1. The van der Waals surface area contributed by atoms with E-state index in [1.54, 1.807) is 0 Å². The fraction of sp³-hybridized carbons (Fsp3) is 0.571. The third-order valence-electron chi connectivity index (χ3n) is 4.17. The van der Waals surface area contributed by atoms with Gasteiger partial charge in [0.25, 0.3) is 0 Å². The Kier molecular flexibility index (Phi) is 3.50. The van der Waals surface area contributed by atoms with Crippen molar-refractivity contribution in [2.45, 2.75) is 37.3 Å². The summed E-state index contributed by atoms with van der Waals surface area (Å²) in [4.78, 5) is 2.24. The molecule has 1 atom stereocenters. The summed E-state index contributed by atoms with van der Waals surface area (Å²) in [5.74, 6) is -0.203. The molecule has 0 heterocycles. The third-order valence-corrected chi connectivity index (χ3v) is 4.17. The number of rotatable bonds is 3. The minimum Gasteiger partial charge on any atom is -0.322 e. The fourth-order valence-electron chi connectivity index (χ4n) is 3.00. The van der Waals surface area contributed by atoms with E-state index in [-0.39, 0.29) is 17.4 Å². The molecule has 1 aliphatic rings. The molecule has 1 unspecified atom stereocenters. The molecule has 0 aliphatic heterocycles. The summed E-state index contributed by atoms with van der Waals surface area (Å²) in [7, 11) is 4.18. The molecule has 1 aromatic carbocycles. The Hall–Kier alpha value is -0.930. The van der Waals surface area contributed by atoms with Gasteiger partial charge in [-0.05, 0) is 44.6 Å². The van der Waals surface area contributed by atoms with Gasteiger partial charge < -0.3 is 10.6 Å². The van der Waals surface area contributed by atoms with Gasteiger partial charge in [0, 0.05) is 11.6 Å². The van der Waals surface area contributed by atoms with Crippen molar-refractivity contribution in [1.29, 1.82) is 0 Å². The van der Waals surface area contributed by atoms with Crippen molar-refractivity contribution in [1.82, 2.24) is 4.90 Å². The molecule has 0 spiro atoms. The minimum atomic E-state index is -0.203. The van der Waals surface area contributed by atoms with Crippen LogP contribution >= 0.6 is 0 Å². The van der Waals surface area contributed by atoms with Crippen molar-refractivity contribution in [3.63, 3.8) is 0 Å². The monoisotopic (exact) mass is 236 g/mol. The molecular formula is C14H21FN2. The molecule has 3 heteroatoms. The Morgan fingerprint density at radius 1 is 1.18 bits per heavy atom. The first kappa shape index (κ1) is 12.5. The van der Waals surface area contributed by atoms with Crippen molar-refractivity contribution < 1.29 is 4.39 Å². The van der Waals surface area contributed by atoms with Gasteiger partial charge in [0.15, 0.2) is 0 Å². The number of hydrogen-bond acceptors (Lipinski definition) is 2. The summed E-state index contributed by atoms with van der Waals surface area (Å²) < 4.78 is 12.9. The highest BCUT2D eigenvalue weighted by molar-refractivity contribution is 5.24. The summed E-state index contributed by atoms with van der Waals surface area (Å²) in [5.41, 5.74) is 7.49. The lowest BCUT2D eigenvalue weighted by Crippen LogP contribution is -2.50. The van der Waals surface area contributed by atoms with Crippen molar-refractivity contribution in [2.24, 2.45) is 5.73 Å². The van der Waals surface area contributed by atoms with E-state index in [0.29, 0.717) is 0 Å². The topological polar surface area (TPSA) is 29.3 Å². The largest absolute Gasteiger partial charge is 0.322 e. The van der Waals surface area contributed by atoms with Crippen LogP contribution in [-0.4, -0.2) is 24.5 Å². The summed E-state index contributed by atoms with van der Waals surface area (Å²) >= 11 is 0. The smallest absolute Gasteiger partial charge is 0.123 e. The molecule has 0 aromatic heterocycles. The van der Waals surface area contributed by atoms with E-state index in [2.05, 4.69) is 19.0 Å². The molecule has 2 rings (SSSR count). The predicted octanol–water partition coefficient (Wildman–Crippen LogP) is 2.70. The number of likely N-dealkylation sites (N-methyl/N-ethyl adjacent to an activating group) is 1. The standard InChI is InChI=1S/C14H21FN2/c1-17(2)14(9-3-4-10-14)13(16)11-5-7-12(15)8-6-11/h5-8,13H,3-4,9-10,16H2,1-2H3. The molecule has 1 saturated carbocycles. The van der Waals surface area contributed by atoms with Gasteiger partial charge in [-0.3, -0.25) is 0 Å². The van der Waals surface area contributed by atoms with Gasteiger partial charge in [-0.1, -0.05) is 25.0 Å². The molecule has 1 aromatic rings. The SMILES string of the molecule is CN(C)C1(C(N)c2ccc(F)cc2)CCCC1. The van der Waals surface area contributed by atoms with Crippen LogP contribution in [0.25, 0.3) is 0 Å². The van der Waals surface area contributed by atoms with E-state index in [0.717, 1.165) is 18.4 Å². The van der Waals surface area contributed by atoms with Gasteiger partial charge in [0.05, 0.1) is 0 Å². The van der Waals surface area contributed by atoms with Crippen LogP contribution in [-0.2, 0) is 0 Å². The van der Waals surface area contributed by atoms with Crippen LogP contribution in [0.3, 0.4) is 0 Å². The summed E-state index contributed by atoms with van der Waals surface area (Å²) in [6.07, 6.45) is 4.71. The summed E-state index contributed by atoms with van der Waals surface area (Å²) in [6, 6.07) is 6.56. The number of hydrogen-bond donors (Lipinski definition) is 1. The van der Waals surface area contributed by atoms with E-state index >= 15 is 0 Å². The van der Waals surface area contributed by atoms with Crippen LogP contribution in [0.5, 0.6) is 0 Å². The van der Waals surface area contributed by atoms with Gasteiger partial charge in [0.1, 0.15) is 5.82 Å². The second-order valence-electron chi connectivity index (χ2n) is 5.23. The molecule has 94 valence electrons. The normalized spacial score (nSPS) is 20.8. The average Bonchev–Trinajstić information content (AvgIpc) is 2.79. The van der Waals surface area contributed by atoms with Crippen molar-refractivity contribution in [3.8, 4) is 0 Å². The number of nitrogens with two attached hydrogens (primary N) is 1. The van der Waals surface area contributed by atoms with Crippen LogP contribution in [0.4, 0.5) is 4.39 Å². The Morgan fingerprint density at radius 3 is 2.18 bits per heavy atom. The molecule has 0 saturated heterocycles. The molecule has 1 aliphatic carbocycles. The minimum absolute atomic E-state index is 0.0395. The molecule has 17 heavy (non-hydrogen) atoms. The lowest BCUT2D eigenvalue weighted by molar-refractivity contribution is 0.123. The van der Waals surface area contributed by atoms with E-state index in [9.17, 15) is 4.39 Å². The highest BCUT2D eigenvalue weighted by atomic mass is 19.1. The zero-order valence-corrected chi connectivity index (χ0v) is 10.6. The summed E-state index contributed by atoms with van der Waals surface area (Å²) in [6.45, 7) is 0. The van der Waals surface area contributed by atoms with Crippen LogP contribution in [0.2, 0.25) is 0 Å². The molecule has 0 radical (unpaired) electrons. The lowest BCUT2D eigenvalue weighted by atomic mass is 9.83. The second-order valence-corrected chi connectivity index (χ2v) is 5.23. The molecule has 0 amide bonds. The predicted molar refractivity (Wildman–Crippen MR) is 68.2 cm³/mol. The van der Waals surface area contributed by atoms with Gasteiger partial charge in [-0.15, -0.1) is 0 Å². The maximum Gasteiger partial charge on any atom is 0.123 e. The zero-order valence-electron chi connectivity index (χ0n) is 10.6. The highest BCUT2D eigenvalue weighted by Gasteiger charge is 2.41. The highest BCUT2D eigenvalue weighted by Crippen LogP contribution is 2.42. The maximum atomic E-state index is 12.9. The van der Waals surface area contributed by atoms with Crippen LogP contribution in [0.15, 0.2) is 24.3 Å². The first-order valence-corrected chi connectivity index (χ1v) is 6.25. The van der Waals surface area contributed by atoms with Gasteiger partial charge >= 0.3 is 0 Å². The molecular weight excluding hydrogens is 215 g/mol. The average molecular weight is 236 g/mol. The Morgan fingerprint density at radius 2 is 1.71 bits per heavy atom. The van der Waals surface area contributed by atoms with Gasteiger partial charge in [-0.2, -0.15) is 0 Å². The number of halogens is 1. The van der Waals surface area contributed by atoms with Crippen molar-refractivity contribution in [2.75, 3.05) is 14.1 Å². The van der Waals surface area contributed by atoms with E-state index in [1.807, 2.05) is 12.1 Å². The maximum absolute atomic E-state index is 12.9. The molecule has 2 N–H and O–H groups in total. The molecule has 2 nitrogen and oxygen atoms in total. The first-order valence-electron chi connectivity index (χ1n) is 6.25. The molecule has 1 fully saturated rings. The third kappa shape index (κ3) is 2.22. The fourth-order valence-corrected chi connectivity index (χ4v) is 3.00. The molecule has 0 bridgehead atoms. The lowest BCUT2D eigenvalue weighted by Gasteiger charge is -2.41. The first-order chi connectivity index (χ1) is 8.06. The Balaban J connectivity index is 2.28. The number of benzene rings is 1. The zero-order chi connectivity index (χ0) is 12.5. The second kappa shape index (κ2) is 4.75. The Bertz CT molecular complexity index is 366. The van der Waals surface area contributed by atoms with E-state index in [4.69, 9.17) is 5.73 Å². The van der Waals surface area contributed by atoms with E-state index < -0.39 is 0 Å². The Labute approximate surface area is 103 Å². The summed E-state index contributed by atoms with van der Waals surface area (Å²) in [5, 5.41) is 0. The van der Waals surface area contributed by atoms with Crippen LogP contribution < -0.4 is 5.73 Å². The van der Waals surface area contributed by atoms with Gasteiger partial charge in [-0.25, -0.2) is 4.39 Å². The van der Waals surface area contributed by atoms with Crippen molar-refractivity contribution in [3.05, 3.63) is 35.6 Å². The van der Waals surface area contributed by atoms with Crippen LogP contribution in [0.1, 0.15) is 37.3 Å².